The van der Waals surface area contributed by atoms with Gasteiger partial charge in [-0.05, 0) is 37.2 Å². The van der Waals surface area contributed by atoms with Crippen LogP contribution in [0.4, 0.5) is 5.69 Å². The third-order valence-corrected chi connectivity index (χ3v) is 3.70. The summed E-state index contributed by atoms with van der Waals surface area (Å²) in [5.74, 6) is 0. The van der Waals surface area contributed by atoms with Crippen LogP contribution in [-0.4, -0.2) is 25.0 Å². The molecule has 0 fully saturated rings. The summed E-state index contributed by atoms with van der Waals surface area (Å²) in [4.78, 5) is 2.30. The highest BCUT2D eigenvalue weighted by atomic mass is 35.5. The molecule has 0 bridgehead atoms. The molecule has 0 aliphatic carbocycles. The van der Waals surface area contributed by atoms with Gasteiger partial charge in [0.2, 0.25) is 0 Å². The molecular weight excluding hydrogens is 268 g/mol. The molecule has 0 saturated heterocycles. The summed E-state index contributed by atoms with van der Waals surface area (Å²) in [6.45, 7) is 4.88. The Labute approximate surface area is 126 Å². The Balaban J connectivity index is 1.76. The fourth-order valence-electron chi connectivity index (χ4n) is 2.07. The third-order valence-electron chi connectivity index (χ3n) is 3.29. The zero-order chi connectivity index (χ0) is 14.4. The van der Waals surface area contributed by atoms with Crippen molar-refractivity contribution in [3.63, 3.8) is 0 Å². The first-order valence-corrected chi connectivity index (χ1v) is 7.25. The molecule has 0 heterocycles. The predicted octanol–water partition coefficient (Wildman–Crippen LogP) is 4.19. The van der Waals surface area contributed by atoms with Crippen LogP contribution in [-0.2, 0) is 6.54 Å². The zero-order valence-corrected chi connectivity index (χ0v) is 12.8. The van der Waals surface area contributed by atoms with Gasteiger partial charge >= 0.3 is 0 Å². The van der Waals surface area contributed by atoms with E-state index in [4.69, 9.17) is 11.6 Å². The Bertz CT molecular complexity index is 540. The van der Waals surface area contributed by atoms with Crippen LogP contribution in [0.5, 0.6) is 0 Å². The van der Waals surface area contributed by atoms with Gasteiger partial charge in [0.25, 0.3) is 0 Å². The Morgan fingerprint density at radius 3 is 2.55 bits per heavy atom. The molecule has 2 rings (SSSR count). The van der Waals surface area contributed by atoms with Crippen LogP contribution in [0.25, 0.3) is 0 Å². The summed E-state index contributed by atoms with van der Waals surface area (Å²) in [6, 6.07) is 16.6. The predicted molar refractivity (Wildman–Crippen MR) is 87.5 cm³/mol. The maximum atomic E-state index is 6.11. The lowest BCUT2D eigenvalue weighted by Gasteiger charge is -2.17. The van der Waals surface area contributed by atoms with E-state index in [1.165, 1.54) is 5.56 Å². The van der Waals surface area contributed by atoms with Gasteiger partial charge in [-0.2, -0.15) is 0 Å². The largest absolute Gasteiger partial charge is 0.384 e. The molecule has 0 aliphatic rings. The standard InChI is InChI=1S/C17H21ClN2/c1-14-8-9-16(12-17(14)18)19-10-11-20(2)13-15-6-4-3-5-7-15/h3-9,12,19H,10-11,13H2,1-2H3. The van der Waals surface area contributed by atoms with Gasteiger partial charge in [0.1, 0.15) is 0 Å². The van der Waals surface area contributed by atoms with Gasteiger partial charge in [-0.3, -0.25) is 0 Å². The molecule has 2 nitrogen and oxygen atoms in total. The highest BCUT2D eigenvalue weighted by molar-refractivity contribution is 6.31. The fourth-order valence-corrected chi connectivity index (χ4v) is 2.25. The molecule has 0 unspecified atom stereocenters. The van der Waals surface area contributed by atoms with Crippen LogP contribution >= 0.6 is 11.6 Å². The van der Waals surface area contributed by atoms with Crippen molar-refractivity contribution >= 4 is 17.3 Å². The summed E-state index contributed by atoms with van der Waals surface area (Å²) in [5, 5.41) is 4.22. The smallest absolute Gasteiger partial charge is 0.0455 e. The van der Waals surface area contributed by atoms with Crippen molar-refractivity contribution in [3.8, 4) is 0 Å². The average molecular weight is 289 g/mol. The first-order valence-electron chi connectivity index (χ1n) is 6.87. The summed E-state index contributed by atoms with van der Waals surface area (Å²) >= 11 is 6.11. The minimum Gasteiger partial charge on any atom is -0.384 e. The zero-order valence-electron chi connectivity index (χ0n) is 12.1. The molecule has 0 atom stereocenters. The first kappa shape index (κ1) is 14.9. The van der Waals surface area contributed by atoms with Crippen molar-refractivity contribution in [2.24, 2.45) is 0 Å². The molecular formula is C17H21ClN2. The molecule has 0 saturated carbocycles. The molecule has 2 aromatic carbocycles. The Kier molecular flexibility index (Phi) is 5.45. The maximum absolute atomic E-state index is 6.11. The van der Waals surface area contributed by atoms with Crippen LogP contribution < -0.4 is 5.32 Å². The van der Waals surface area contributed by atoms with Gasteiger partial charge in [0, 0.05) is 30.3 Å². The monoisotopic (exact) mass is 288 g/mol. The molecule has 0 spiro atoms. The lowest BCUT2D eigenvalue weighted by Crippen LogP contribution is -2.24. The van der Waals surface area contributed by atoms with E-state index in [0.717, 1.165) is 35.9 Å². The quantitative estimate of drug-likeness (QED) is 0.857. The molecule has 0 aliphatic heterocycles. The summed E-state index contributed by atoms with van der Waals surface area (Å²) in [6.07, 6.45) is 0. The third kappa shape index (κ3) is 4.55. The second-order valence-electron chi connectivity index (χ2n) is 5.11. The van der Waals surface area contributed by atoms with E-state index < -0.39 is 0 Å². The lowest BCUT2D eigenvalue weighted by atomic mass is 10.2. The number of likely N-dealkylation sites (N-methyl/N-ethyl adjacent to an activating group) is 1. The fraction of sp³-hybridized carbons (Fsp3) is 0.294. The molecule has 0 radical (unpaired) electrons. The number of halogens is 1. The number of anilines is 1. The number of hydrogen-bond acceptors (Lipinski definition) is 2. The number of rotatable bonds is 6. The summed E-state index contributed by atoms with van der Waals surface area (Å²) < 4.78 is 0. The number of hydrogen-bond donors (Lipinski definition) is 1. The van der Waals surface area contributed by atoms with Crippen molar-refractivity contribution in [1.29, 1.82) is 0 Å². The summed E-state index contributed by atoms with van der Waals surface area (Å²) in [5.41, 5.74) is 3.53. The Hall–Kier alpha value is -1.51. The maximum Gasteiger partial charge on any atom is 0.0455 e. The number of benzene rings is 2. The van der Waals surface area contributed by atoms with Gasteiger partial charge in [0.05, 0.1) is 0 Å². The van der Waals surface area contributed by atoms with Crippen molar-refractivity contribution in [1.82, 2.24) is 4.90 Å². The minimum atomic E-state index is 0.813. The van der Waals surface area contributed by atoms with Crippen molar-refractivity contribution in [2.45, 2.75) is 13.5 Å². The topological polar surface area (TPSA) is 15.3 Å². The van der Waals surface area contributed by atoms with E-state index in [2.05, 4.69) is 47.6 Å². The van der Waals surface area contributed by atoms with Crippen molar-refractivity contribution < 1.29 is 0 Å². The molecule has 106 valence electrons. The Morgan fingerprint density at radius 1 is 1.10 bits per heavy atom. The molecule has 0 amide bonds. The summed E-state index contributed by atoms with van der Waals surface area (Å²) in [7, 11) is 2.14. The molecule has 20 heavy (non-hydrogen) atoms. The second-order valence-corrected chi connectivity index (χ2v) is 5.52. The van der Waals surface area contributed by atoms with E-state index in [1.807, 2.05) is 25.1 Å². The first-order chi connectivity index (χ1) is 9.65. The normalized spacial score (nSPS) is 10.8. The number of nitrogens with one attached hydrogen (secondary N) is 1. The van der Waals surface area contributed by atoms with E-state index in [-0.39, 0.29) is 0 Å². The highest BCUT2D eigenvalue weighted by Gasteiger charge is 2.01. The van der Waals surface area contributed by atoms with Gasteiger partial charge in [-0.15, -0.1) is 0 Å². The average Bonchev–Trinajstić information content (AvgIpc) is 2.44. The van der Waals surface area contributed by atoms with Gasteiger partial charge in [0.15, 0.2) is 0 Å². The van der Waals surface area contributed by atoms with Crippen molar-refractivity contribution in [3.05, 3.63) is 64.7 Å². The minimum absolute atomic E-state index is 0.813. The molecule has 3 heteroatoms. The van der Waals surface area contributed by atoms with Crippen LogP contribution in [0.1, 0.15) is 11.1 Å². The highest BCUT2D eigenvalue weighted by Crippen LogP contribution is 2.19. The van der Waals surface area contributed by atoms with Gasteiger partial charge in [-0.25, -0.2) is 0 Å². The van der Waals surface area contributed by atoms with Crippen molar-refractivity contribution in [2.75, 3.05) is 25.5 Å². The second kappa shape index (κ2) is 7.32. The van der Waals surface area contributed by atoms with Crippen LogP contribution in [0.2, 0.25) is 5.02 Å². The van der Waals surface area contributed by atoms with Crippen LogP contribution in [0.3, 0.4) is 0 Å². The van der Waals surface area contributed by atoms with E-state index in [0.29, 0.717) is 0 Å². The van der Waals surface area contributed by atoms with Crippen LogP contribution in [0, 0.1) is 6.92 Å². The van der Waals surface area contributed by atoms with Crippen LogP contribution in [0.15, 0.2) is 48.5 Å². The number of aryl methyl sites for hydroxylation is 1. The van der Waals surface area contributed by atoms with E-state index in [9.17, 15) is 0 Å². The molecule has 0 aromatic heterocycles. The number of nitrogens with zero attached hydrogens (tertiary/aromatic N) is 1. The van der Waals surface area contributed by atoms with E-state index in [1.54, 1.807) is 0 Å². The Morgan fingerprint density at radius 2 is 1.85 bits per heavy atom. The lowest BCUT2D eigenvalue weighted by molar-refractivity contribution is 0.340. The molecule has 1 N–H and O–H groups in total. The van der Waals surface area contributed by atoms with Gasteiger partial charge < -0.3 is 10.2 Å². The van der Waals surface area contributed by atoms with Gasteiger partial charge in [-0.1, -0.05) is 48.0 Å². The molecule has 2 aromatic rings. The SMILES string of the molecule is Cc1ccc(NCCN(C)Cc2ccccc2)cc1Cl. The van der Waals surface area contributed by atoms with E-state index >= 15 is 0 Å².